The summed E-state index contributed by atoms with van der Waals surface area (Å²) in [7, 11) is -1.86. The fraction of sp³-hybridized carbons (Fsp3) is 0.455. The van der Waals surface area contributed by atoms with E-state index < -0.39 is 19.2 Å². The SMILES string of the molecule is C[C@@H](O[Si](C)(C)C)[C@H]1C(=O)N2C(C(=O)OCc3ccc([N+](=O)[O-])cc3)=C(SC=CCN=[N+]=[N-])C[C@H]12. The third-order valence-electron chi connectivity index (χ3n) is 5.48. The van der Waals surface area contributed by atoms with E-state index in [1.54, 1.807) is 11.5 Å². The van der Waals surface area contributed by atoms with Crippen LogP contribution in [0.5, 0.6) is 0 Å². The van der Waals surface area contributed by atoms with E-state index in [0.29, 0.717) is 16.9 Å². The molecule has 3 atom stereocenters. The van der Waals surface area contributed by atoms with E-state index in [1.165, 1.54) is 40.9 Å². The molecule has 0 N–H and O–H groups in total. The number of nitro benzene ring substituents is 1. The lowest BCUT2D eigenvalue weighted by Gasteiger charge is -2.47. The number of fused-ring (bicyclic) bond motifs is 1. The van der Waals surface area contributed by atoms with Crippen molar-refractivity contribution in [2.45, 2.75) is 51.7 Å². The fourth-order valence-electron chi connectivity index (χ4n) is 4.13. The average Bonchev–Trinajstić information content (AvgIpc) is 3.10. The minimum Gasteiger partial charge on any atom is -0.456 e. The van der Waals surface area contributed by atoms with Crippen LogP contribution in [0.25, 0.3) is 10.4 Å². The first-order chi connectivity index (χ1) is 16.5. The quantitative estimate of drug-likeness (QED) is 0.0594. The molecule has 0 aliphatic carbocycles. The van der Waals surface area contributed by atoms with Gasteiger partial charge < -0.3 is 14.1 Å². The van der Waals surface area contributed by atoms with Crippen LogP contribution in [0.1, 0.15) is 18.9 Å². The van der Waals surface area contributed by atoms with Crippen molar-refractivity contribution in [1.82, 2.24) is 4.90 Å². The van der Waals surface area contributed by atoms with Crippen LogP contribution in [0.3, 0.4) is 0 Å². The first-order valence-corrected chi connectivity index (χ1v) is 15.3. The van der Waals surface area contributed by atoms with Crippen LogP contribution in [-0.2, 0) is 25.4 Å². The van der Waals surface area contributed by atoms with E-state index >= 15 is 0 Å². The van der Waals surface area contributed by atoms with Gasteiger partial charge in [0.1, 0.15) is 12.3 Å². The highest BCUT2D eigenvalue weighted by atomic mass is 32.2. The van der Waals surface area contributed by atoms with E-state index in [-0.39, 0.29) is 48.5 Å². The molecule has 0 bridgehead atoms. The second kappa shape index (κ2) is 11.1. The molecule has 3 rings (SSSR count). The maximum Gasteiger partial charge on any atom is 0.356 e. The van der Waals surface area contributed by atoms with Crippen molar-refractivity contribution in [3.05, 3.63) is 72.5 Å². The Balaban J connectivity index is 1.76. The largest absolute Gasteiger partial charge is 0.456 e. The highest BCUT2D eigenvalue weighted by molar-refractivity contribution is 8.05. The van der Waals surface area contributed by atoms with Gasteiger partial charge in [-0.15, -0.1) is 11.8 Å². The first-order valence-electron chi connectivity index (χ1n) is 11.0. The lowest BCUT2D eigenvalue weighted by atomic mass is 9.83. The number of β-lactam (4-membered cyclic amide) rings is 1. The van der Waals surface area contributed by atoms with Gasteiger partial charge in [0.2, 0.25) is 5.91 Å². The molecule has 11 nitrogen and oxygen atoms in total. The molecule has 0 spiro atoms. The molecule has 1 amide bonds. The summed E-state index contributed by atoms with van der Waals surface area (Å²) in [6.45, 7) is 8.18. The number of ether oxygens (including phenoxy) is 1. The molecule has 0 unspecified atom stereocenters. The topological polar surface area (TPSA) is 148 Å². The molecule has 0 aromatic heterocycles. The van der Waals surface area contributed by atoms with Gasteiger partial charge in [0.05, 0.1) is 23.0 Å². The van der Waals surface area contributed by atoms with Crippen molar-refractivity contribution < 1.29 is 23.7 Å². The highest BCUT2D eigenvalue weighted by Gasteiger charge is 2.57. The van der Waals surface area contributed by atoms with Gasteiger partial charge in [-0.1, -0.05) is 11.2 Å². The normalized spacial score (nSPS) is 20.3. The number of hydrogen-bond acceptors (Lipinski definition) is 8. The highest BCUT2D eigenvalue weighted by Crippen LogP contribution is 2.48. The third kappa shape index (κ3) is 6.31. The summed E-state index contributed by atoms with van der Waals surface area (Å²) in [5.74, 6) is -1.15. The molecule has 13 heteroatoms. The predicted molar refractivity (Wildman–Crippen MR) is 133 cm³/mol. The molecule has 1 saturated heterocycles. The first kappa shape index (κ1) is 26.5. The number of benzene rings is 1. The van der Waals surface area contributed by atoms with Crippen molar-refractivity contribution in [3.63, 3.8) is 0 Å². The number of amides is 1. The Kier molecular flexibility index (Phi) is 8.38. The molecule has 186 valence electrons. The van der Waals surface area contributed by atoms with E-state index in [2.05, 4.69) is 29.7 Å². The van der Waals surface area contributed by atoms with Gasteiger partial charge in [0, 0.05) is 34.9 Å². The van der Waals surface area contributed by atoms with Gasteiger partial charge >= 0.3 is 5.97 Å². The smallest absolute Gasteiger partial charge is 0.356 e. The van der Waals surface area contributed by atoms with E-state index in [1.807, 2.05) is 6.92 Å². The number of hydrogen-bond donors (Lipinski definition) is 0. The summed E-state index contributed by atoms with van der Waals surface area (Å²) in [5.41, 5.74) is 9.16. The van der Waals surface area contributed by atoms with Crippen molar-refractivity contribution >= 4 is 37.6 Å². The van der Waals surface area contributed by atoms with Crippen LogP contribution in [0, 0.1) is 16.0 Å². The zero-order valence-corrected chi connectivity index (χ0v) is 21.7. The molecule has 2 aliphatic rings. The number of thioether (sulfide) groups is 1. The Morgan fingerprint density at radius 2 is 2.09 bits per heavy atom. The van der Waals surface area contributed by atoms with Gasteiger partial charge in [-0.05, 0) is 55.2 Å². The van der Waals surface area contributed by atoms with Crippen LogP contribution in [0.2, 0.25) is 19.6 Å². The summed E-state index contributed by atoms with van der Waals surface area (Å²) in [5, 5.41) is 16.0. The minimum atomic E-state index is -1.86. The van der Waals surface area contributed by atoms with Crippen molar-refractivity contribution in [2.24, 2.45) is 11.0 Å². The summed E-state index contributed by atoms with van der Waals surface area (Å²) in [6.07, 6.45) is 1.90. The van der Waals surface area contributed by atoms with Crippen LogP contribution in [0.15, 0.2) is 51.5 Å². The minimum absolute atomic E-state index is 0.0560. The number of esters is 1. The molecule has 1 aromatic rings. The van der Waals surface area contributed by atoms with Gasteiger partial charge in [-0.2, -0.15) is 0 Å². The molecule has 2 heterocycles. The summed E-state index contributed by atoms with van der Waals surface area (Å²) < 4.78 is 11.6. The summed E-state index contributed by atoms with van der Waals surface area (Å²) >= 11 is 1.29. The van der Waals surface area contributed by atoms with Crippen LogP contribution < -0.4 is 0 Å². The number of nitro groups is 1. The van der Waals surface area contributed by atoms with Crippen molar-refractivity contribution in [2.75, 3.05) is 6.54 Å². The molecule has 0 radical (unpaired) electrons. The third-order valence-corrected chi connectivity index (χ3v) is 7.53. The molecule has 35 heavy (non-hydrogen) atoms. The number of azide groups is 1. The molecule has 2 aliphatic heterocycles. The molecule has 1 aromatic carbocycles. The second-order valence-electron chi connectivity index (χ2n) is 9.12. The average molecular weight is 518 g/mol. The molecule has 0 saturated carbocycles. The van der Waals surface area contributed by atoms with Gasteiger partial charge in [-0.25, -0.2) is 4.79 Å². The van der Waals surface area contributed by atoms with Gasteiger partial charge in [0.25, 0.3) is 5.69 Å². The standard InChI is InChI=1S/C22H27N5O6SSi/c1-14(33-35(2,3)4)19-17-12-18(34-11-5-10-24-25-23)20(26(17)21(19)28)22(29)32-13-15-6-8-16(9-7-15)27(30)31/h5-9,11,14,17,19H,10,12-13H2,1-4H3/t14-,17-,19-/m1/s1. The number of rotatable bonds is 11. The molecular weight excluding hydrogens is 490 g/mol. The van der Waals surface area contributed by atoms with E-state index in [4.69, 9.17) is 14.7 Å². The molecular formula is C22H27N5O6SSi. The second-order valence-corrected chi connectivity index (χ2v) is 14.6. The van der Waals surface area contributed by atoms with Gasteiger partial charge in [-0.3, -0.25) is 14.9 Å². The molecule has 1 fully saturated rings. The lowest BCUT2D eigenvalue weighted by molar-refractivity contribution is -0.384. The number of carbonyl (C=O) groups excluding carboxylic acids is 2. The summed E-state index contributed by atoms with van der Waals surface area (Å²) in [4.78, 5) is 41.4. The number of carbonyl (C=O) groups is 2. The van der Waals surface area contributed by atoms with Crippen LogP contribution in [-0.4, -0.2) is 48.7 Å². The Labute approximate surface area is 208 Å². The zero-order chi connectivity index (χ0) is 25.8. The summed E-state index contributed by atoms with van der Waals surface area (Å²) in [6, 6.07) is 5.53. The Morgan fingerprint density at radius 3 is 2.69 bits per heavy atom. The van der Waals surface area contributed by atoms with E-state index in [0.717, 1.165) is 0 Å². The van der Waals surface area contributed by atoms with Crippen LogP contribution >= 0.6 is 11.8 Å². The van der Waals surface area contributed by atoms with Crippen molar-refractivity contribution in [3.8, 4) is 0 Å². The Hall–Kier alpha value is -3.12. The van der Waals surface area contributed by atoms with Crippen molar-refractivity contribution in [1.29, 1.82) is 0 Å². The predicted octanol–water partition coefficient (Wildman–Crippen LogP) is 4.88. The monoisotopic (exact) mass is 517 g/mol. The number of nitrogens with zero attached hydrogens (tertiary/aromatic N) is 5. The number of non-ortho nitro benzene ring substituents is 1. The maximum atomic E-state index is 13.1. The lowest BCUT2D eigenvalue weighted by Crippen LogP contribution is -2.63. The Bertz CT molecular complexity index is 1110. The van der Waals surface area contributed by atoms with E-state index in [9.17, 15) is 19.7 Å². The fourth-order valence-corrected chi connectivity index (χ4v) is 6.30. The maximum absolute atomic E-state index is 13.1. The van der Waals surface area contributed by atoms with Crippen LogP contribution in [0.4, 0.5) is 5.69 Å². The zero-order valence-electron chi connectivity index (χ0n) is 19.9. The van der Waals surface area contributed by atoms with Gasteiger partial charge in [0.15, 0.2) is 8.32 Å². The Morgan fingerprint density at radius 1 is 1.40 bits per heavy atom.